The maximum Gasteiger partial charge on any atom is 0.194 e. The van der Waals surface area contributed by atoms with Gasteiger partial charge in [0, 0.05) is 13.2 Å². The molecule has 2 aromatic heterocycles. The van der Waals surface area contributed by atoms with Crippen molar-refractivity contribution in [3.8, 4) is 5.75 Å². The summed E-state index contributed by atoms with van der Waals surface area (Å²) in [5, 5.41) is 4.51. The van der Waals surface area contributed by atoms with Gasteiger partial charge < -0.3 is 10.1 Å². The quantitative estimate of drug-likeness (QED) is 0.872. The SMILES string of the molecule is CNc1ncnc(Sc2ncccc2Br)c1OC. The van der Waals surface area contributed by atoms with E-state index in [0.717, 1.165) is 14.5 Å². The largest absolute Gasteiger partial charge is 0.490 e. The summed E-state index contributed by atoms with van der Waals surface area (Å²) >= 11 is 4.87. The summed E-state index contributed by atoms with van der Waals surface area (Å²) < 4.78 is 6.25. The zero-order valence-corrected chi connectivity index (χ0v) is 12.2. The maximum atomic E-state index is 5.33. The number of nitrogens with zero attached hydrogens (tertiary/aromatic N) is 3. The number of nitrogens with one attached hydrogen (secondary N) is 1. The summed E-state index contributed by atoms with van der Waals surface area (Å²) in [4.78, 5) is 12.6. The van der Waals surface area contributed by atoms with E-state index in [0.29, 0.717) is 11.6 Å². The standard InChI is InChI=1S/C11H11BrN4OS/c1-13-9-8(17-2)11(16-6-15-9)18-10-7(12)4-3-5-14-10/h3-6H,1-2H3,(H,13,15,16). The molecule has 0 aliphatic rings. The molecule has 2 rings (SSSR count). The first-order chi connectivity index (χ1) is 8.76. The molecular formula is C11H11BrN4OS. The van der Waals surface area contributed by atoms with Gasteiger partial charge in [-0.05, 0) is 39.8 Å². The molecule has 2 aromatic rings. The molecular weight excluding hydrogens is 316 g/mol. The number of anilines is 1. The molecule has 0 fully saturated rings. The molecule has 1 N–H and O–H groups in total. The third kappa shape index (κ3) is 2.73. The Balaban J connectivity index is 2.37. The van der Waals surface area contributed by atoms with Gasteiger partial charge in [0.05, 0.1) is 11.6 Å². The number of aromatic nitrogens is 3. The topological polar surface area (TPSA) is 59.9 Å². The summed E-state index contributed by atoms with van der Waals surface area (Å²) in [5.41, 5.74) is 0. The van der Waals surface area contributed by atoms with Crippen LogP contribution in [0.4, 0.5) is 5.82 Å². The molecule has 0 aliphatic heterocycles. The van der Waals surface area contributed by atoms with E-state index in [2.05, 4.69) is 36.2 Å². The van der Waals surface area contributed by atoms with Gasteiger partial charge in [-0.2, -0.15) is 0 Å². The monoisotopic (exact) mass is 326 g/mol. The molecule has 0 saturated heterocycles. The van der Waals surface area contributed by atoms with Crippen LogP contribution in [0, 0.1) is 0 Å². The molecule has 0 atom stereocenters. The third-order valence-electron chi connectivity index (χ3n) is 2.13. The Labute approximate surface area is 118 Å². The van der Waals surface area contributed by atoms with Crippen molar-refractivity contribution in [3.05, 3.63) is 29.1 Å². The molecule has 94 valence electrons. The first-order valence-electron chi connectivity index (χ1n) is 5.11. The summed E-state index contributed by atoms with van der Waals surface area (Å²) in [6.07, 6.45) is 3.23. The van der Waals surface area contributed by atoms with Crippen LogP contribution in [0.1, 0.15) is 0 Å². The minimum absolute atomic E-state index is 0.613. The second-order valence-corrected chi connectivity index (χ2v) is 5.03. The van der Waals surface area contributed by atoms with E-state index < -0.39 is 0 Å². The van der Waals surface area contributed by atoms with E-state index in [-0.39, 0.29) is 0 Å². The number of rotatable bonds is 4. The van der Waals surface area contributed by atoms with Crippen LogP contribution in [0.3, 0.4) is 0 Å². The Morgan fingerprint density at radius 3 is 2.78 bits per heavy atom. The van der Waals surface area contributed by atoms with Gasteiger partial charge in [0.1, 0.15) is 11.4 Å². The van der Waals surface area contributed by atoms with Crippen molar-refractivity contribution in [2.45, 2.75) is 10.1 Å². The number of pyridine rings is 1. The average molecular weight is 327 g/mol. The Hall–Kier alpha value is -1.34. The summed E-state index contributed by atoms with van der Waals surface area (Å²) in [7, 11) is 3.38. The fourth-order valence-corrected chi connectivity index (χ4v) is 2.66. The Morgan fingerprint density at radius 2 is 2.11 bits per heavy atom. The normalized spacial score (nSPS) is 10.2. The Bertz CT molecular complexity index is 552. The highest BCUT2D eigenvalue weighted by molar-refractivity contribution is 9.10. The maximum absolute atomic E-state index is 5.33. The van der Waals surface area contributed by atoms with Gasteiger partial charge in [-0.25, -0.2) is 15.0 Å². The number of hydrogen-bond donors (Lipinski definition) is 1. The van der Waals surface area contributed by atoms with Gasteiger partial charge in [0.15, 0.2) is 16.6 Å². The van der Waals surface area contributed by atoms with Crippen LogP contribution in [0.5, 0.6) is 5.75 Å². The highest BCUT2D eigenvalue weighted by atomic mass is 79.9. The number of ether oxygens (including phenoxy) is 1. The van der Waals surface area contributed by atoms with Crippen LogP contribution < -0.4 is 10.1 Å². The van der Waals surface area contributed by atoms with Gasteiger partial charge in [0.25, 0.3) is 0 Å². The zero-order valence-electron chi connectivity index (χ0n) is 9.85. The molecule has 0 bridgehead atoms. The van der Waals surface area contributed by atoms with Crippen molar-refractivity contribution in [1.29, 1.82) is 0 Å². The van der Waals surface area contributed by atoms with Crippen molar-refractivity contribution >= 4 is 33.5 Å². The highest BCUT2D eigenvalue weighted by Crippen LogP contribution is 2.37. The first kappa shape index (κ1) is 13.1. The molecule has 0 aliphatic carbocycles. The fourth-order valence-electron chi connectivity index (χ4n) is 1.33. The predicted octanol–water partition coefficient (Wildman–Crippen LogP) is 2.84. The zero-order chi connectivity index (χ0) is 13.0. The molecule has 7 heteroatoms. The summed E-state index contributed by atoms with van der Waals surface area (Å²) in [6, 6.07) is 3.80. The number of hydrogen-bond acceptors (Lipinski definition) is 6. The van der Waals surface area contributed by atoms with Gasteiger partial charge in [0.2, 0.25) is 0 Å². The van der Waals surface area contributed by atoms with E-state index in [4.69, 9.17) is 4.74 Å². The molecule has 2 heterocycles. The molecule has 0 unspecified atom stereocenters. The van der Waals surface area contributed by atoms with Crippen molar-refractivity contribution in [3.63, 3.8) is 0 Å². The molecule has 0 saturated carbocycles. The molecule has 0 aromatic carbocycles. The second-order valence-electron chi connectivity index (χ2n) is 3.20. The lowest BCUT2D eigenvalue weighted by molar-refractivity contribution is 0.400. The number of methoxy groups -OCH3 is 1. The molecule has 0 amide bonds. The van der Waals surface area contributed by atoms with Crippen molar-refractivity contribution < 1.29 is 4.74 Å². The van der Waals surface area contributed by atoms with Crippen LogP contribution >= 0.6 is 27.7 Å². The summed E-state index contributed by atoms with van der Waals surface area (Å²) in [5.74, 6) is 1.27. The molecule has 18 heavy (non-hydrogen) atoms. The van der Waals surface area contributed by atoms with E-state index >= 15 is 0 Å². The van der Waals surface area contributed by atoms with E-state index in [1.54, 1.807) is 20.4 Å². The molecule has 5 nitrogen and oxygen atoms in total. The van der Waals surface area contributed by atoms with E-state index in [1.165, 1.54) is 18.1 Å². The van der Waals surface area contributed by atoms with E-state index in [9.17, 15) is 0 Å². The average Bonchev–Trinajstić information content (AvgIpc) is 2.41. The Kier molecular flexibility index (Phi) is 4.38. The van der Waals surface area contributed by atoms with Gasteiger partial charge in [-0.3, -0.25) is 0 Å². The van der Waals surface area contributed by atoms with Crippen molar-refractivity contribution in [2.75, 3.05) is 19.5 Å². The second kappa shape index (κ2) is 6.01. The van der Waals surface area contributed by atoms with Crippen LogP contribution in [-0.2, 0) is 0 Å². The van der Waals surface area contributed by atoms with Crippen LogP contribution in [0.25, 0.3) is 0 Å². The minimum atomic E-state index is 0.613. The van der Waals surface area contributed by atoms with Crippen molar-refractivity contribution in [2.24, 2.45) is 0 Å². The lowest BCUT2D eigenvalue weighted by atomic mass is 10.5. The van der Waals surface area contributed by atoms with Crippen molar-refractivity contribution in [1.82, 2.24) is 15.0 Å². The van der Waals surface area contributed by atoms with Gasteiger partial charge in [-0.1, -0.05) is 0 Å². The minimum Gasteiger partial charge on any atom is -0.490 e. The first-order valence-corrected chi connectivity index (χ1v) is 6.72. The fraction of sp³-hybridized carbons (Fsp3) is 0.182. The lowest BCUT2D eigenvalue weighted by Gasteiger charge is -2.10. The third-order valence-corrected chi connectivity index (χ3v) is 4.04. The number of halogens is 1. The van der Waals surface area contributed by atoms with Crippen LogP contribution in [0.2, 0.25) is 0 Å². The molecule has 0 radical (unpaired) electrons. The van der Waals surface area contributed by atoms with Gasteiger partial charge >= 0.3 is 0 Å². The van der Waals surface area contributed by atoms with Crippen LogP contribution in [0.15, 0.2) is 39.2 Å². The highest BCUT2D eigenvalue weighted by Gasteiger charge is 2.14. The Morgan fingerprint density at radius 1 is 1.28 bits per heavy atom. The summed E-state index contributed by atoms with van der Waals surface area (Å²) in [6.45, 7) is 0. The predicted molar refractivity (Wildman–Crippen MR) is 74.2 cm³/mol. The lowest BCUT2D eigenvalue weighted by Crippen LogP contribution is -2.00. The van der Waals surface area contributed by atoms with E-state index in [1.807, 2.05) is 12.1 Å². The van der Waals surface area contributed by atoms with Gasteiger partial charge in [-0.15, -0.1) is 0 Å². The van der Waals surface area contributed by atoms with Crippen LogP contribution in [-0.4, -0.2) is 29.1 Å². The smallest absolute Gasteiger partial charge is 0.194 e. The molecule has 0 spiro atoms.